The van der Waals surface area contributed by atoms with Gasteiger partial charge in [0.25, 0.3) is 0 Å². The molecule has 0 aliphatic carbocycles. The summed E-state index contributed by atoms with van der Waals surface area (Å²) < 4.78 is 4.98. The van der Waals surface area contributed by atoms with Gasteiger partial charge in [-0.1, -0.05) is 5.16 Å². The van der Waals surface area contributed by atoms with Gasteiger partial charge in [-0.2, -0.15) is 0 Å². The number of hydrogen-bond acceptors (Lipinski definition) is 3. The van der Waals surface area contributed by atoms with Crippen LogP contribution in [0.4, 0.5) is 0 Å². The maximum absolute atomic E-state index is 8.47. The Hall–Kier alpha value is -1.51. The van der Waals surface area contributed by atoms with Gasteiger partial charge in [0.15, 0.2) is 0 Å². The van der Waals surface area contributed by atoms with E-state index in [0.29, 0.717) is 5.71 Å². The fraction of sp³-hybridized carbons (Fsp3) is 0.222. The molecule has 0 fully saturated rings. The molecule has 0 spiro atoms. The number of benzene rings is 1. The van der Waals surface area contributed by atoms with E-state index in [9.17, 15) is 0 Å². The average molecular weight is 165 g/mol. The molecule has 12 heavy (non-hydrogen) atoms. The minimum atomic E-state index is 0.595. The summed E-state index contributed by atoms with van der Waals surface area (Å²) in [6.07, 6.45) is 0. The predicted molar refractivity (Wildman–Crippen MR) is 47.0 cm³/mol. The highest BCUT2D eigenvalue weighted by molar-refractivity contribution is 5.98. The first kappa shape index (κ1) is 8.59. The first-order valence-corrected chi connectivity index (χ1v) is 3.61. The Morgan fingerprint density at radius 3 is 2.33 bits per heavy atom. The molecule has 1 N–H and O–H groups in total. The van der Waals surface area contributed by atoms with E-state index in [-0.39, 0.29) is 0 Å². The van der Waals surface area contributed by atoms with Crippen molar-refractivity contribution >= 4 is 5.71 Å². The molecule has 0 aliphatic heterocycles. The minimum absolute atomic E-state index is 0.595. The van der Waals surface area contributed by atoms with Crippen molar-refractivity contribution in [3.63, 3.8) is 0 Å². The number of nitrogens with zero attached hydrogens (tertiary/aromatic N) is 1. The molecule has 0 heterocycles. The second kappa shape index (κ2) is 3.76. The number of ether oxygens (including phenoxy) is 1. The Labute approximate surface area is 71.3 Å². The van der Waals surface area contributed by atoms with Crippen molar-refractivity contribution in [3.05, 3.63) is 29.8 Å². The molecule has 0 atom stereocenters. The van der Waals surface area contributed by atoms with E-state index >= 15 is 0 Å². The van der Waals surface area contributed by atoms with E-state index in [2.05, 4.69) is 5.16 Å². The van der Waals surface area contributed by atoms with Gasteiger partial charge in [0.2, 0.25) is 0 Å². The van der Waals surface area contributed by atoms with Crippen LogP contribution >= 0.6 is 0 Å². The third-order valence-corrected chi connectivity index (χ3v) is 1.66. The SMILES string of the molecule is COc1ccc(C(C)=NO)cc1. The summed E-state index contributed by atoms with van der Waals surface area (Å²) in [5.41, 5.74) is 1.48. The molecule has 0 aliphatic rings. The molecule has 64 valence electrons. The normalized spacial score (nSPS) is 11.3. The number of rotatable bonds is 2. The van der Waals surface area contributed by atoms with Crippen LogP contribution in [-0.2, 0) is 0 Å². The van der Waals surface area contributed by atoms with E-state index < -0.39 is 0 Å². The summed E-state index contributed by atoms with van der Waals surface area (Å²) >= 11 is 0. The first-order chi connectivity index (χ1) is 5.77. The van der Waals surface area contributed by atoms with Crippen LogP contribution in [0, 0.1) is 0 Å². The molecule has 3 nitrogen and oxygen atoms in total. The minimum Gasteiger partial charge on any atom is -0.497 e. The van der Waals surface area contributed by atoms with E-state index in [1.54, 1.807) is 14.0 Å². The summed E-state index contributed by atoms with van der Waals surface area (Å²) in [6, 6.07) is 7.33. The van der Waals surface area contributed by atoms with E-state index in [0.717, 1.165) is 11.3 Å². The van der Waals surface area contributed by atoms with Gasteiger partial charge >= 0.3 is 0 Å². The zero-order chi connectivity index (χ0) is 8.97. The maximum Gasteiger partial charge on any atom is 0.118 e. The van der Waals surface area contributed by atoms with Gasteiger partial charge in [-0.05, 0) is 36.8 Å². The summed E-state index contributed by atoms with van der Waals surface area (Å²) in [4.78, 5) is 0. The van der Waals surface area contributed by atoms with Gasteiger partial charge in [-0.25, -0.2) is 0 Å². The Morgan fingerprint density at radius 1 is 1.33 bits per heavy atom. The van der Waals surface area contributed by atoms with Gasteiger partial charge in [-0.15, -0.1) is 0 Å². The highest BCUT2D eigenvalue weighted by Gasteiger charge is 1.96. The van der Waals surface area contributed by atoms with Crippen molar-refractivity contribution in [2.75, 3.05) is 7.11 Å². The van der Waals surface area contributed by atoms with Gasteiger partial charge in [0.1, 0.15) is 5.75 Å². The van der Waals surface area contributed by atoms with Crippen LogP contribution in [-0.4, -0.2) is 18.0 Å². The molecule has 1 aromatic carbocycles. The van der Waals surface area contributed by atoms with Crippen molar-refractivity contribution in [3.8, 4) is 5.75 Å². The van der Waals surface area contributed by atoms with Crippen molar-refractivity contribution in [2.24, 2.45) is 5.16 Å². The van der Waals surface area contributed by atoms with Crippen LogP contribution in [0.2, 0.25) is 0 Å². The van der Waals surface area contributed by atoms with Crippen LogP contribution < -0.4 is 4.74 Å². The molecular weight excluding hydrogens is 154 g/mol. The van der Waals surface area contributed by atoms with Crippen molar-refractivity contribution < 1.29 is 9.94 Å². The van der Waals surface area contributed by atoms with Crippen molar-refractivity contribution in [1.82, 2.24) is 0 Å². The second-order valence-electron chi connectivity index (χ2n) is 2.41. The van der Waals surface area contributed by atoms with E-state index in [1.807, 2.05) is 24.3 Å². The lowest BCUT2D eigenvalue weighted by atomic mass is 10.1. The molecule has 0 saturated carbocycles. The largest absolute Gasteiger partial charge is 0.497 e. The fourth-order valence-electron chi connectivity index (χ4n) is 0.890. The predicted octanol–water partition coefficient (Wildman–Crippen LogP) is 1.89. The van der Waals surface area contributed by atoms with Crippen LogP contribution in [0.3, 0.4) is 0 Å². The lowest BCUT2D eigenvalue weighted by Crippen LogP contribution is -1.93. The van der Waals surface area contributed by atoms with E-state index in [1.165, 1.54) is 0 Å². The van der Waals surface area contributed by atoms with E-state index in [4.69, 9.17) is 9.94 Å². The first-order valence-electron chi connectivity index (χ1n) is 3.61. The highest BCUT2D eigenvalue weighted by Crippen LogP contribution is 2.11. The molecule has 1 aromatic rings. The summed E-state index contributed by atoms with van der Waals surface area (Å²) in [5, 5.41) is 11.6. The lowest BCUT2D eigenvalue weighted by molar-refractivity contribution is 0.319. The van der Waals surface area contributed by atoms with Gasteiger partial charge in [0, 0.05) is 0 Å². The zero-order valence-electron chi connectivity index (χ0n) is 7.11. The summed E-state index contributed by atoms with van der Waals surface area (Å²) in [5.74, 6) is 0.796. The number of hydrogen-bond donors (Lipinski definition) is 1. The zero-order valence-corrected chi connectivity index (χ0v) is 7.11. The quantitative estimate of drug-likeness (QED) is 0.413. The Balaban J connectivity index is 2.92. The fourth-order valence-corrected chi connectivity index (χ4v) is 0.890. The number of methoxy groups -OCH3 is 1. The Bertz CT molecular complexity index is 277. The molecule has 0 amide bonds. The van der Waals surface area contributed by atoms with Crippen LogP contribution in [0.25, 0.3) is 0 Å². The van der Waals surface area contributed by atoms with Crippen molar-refractivity contribution in [1.29, 1.82) is 0 Å². The molecular formula is C9H11NO2. The molecule has 0 bridgehead atoms. The number of oxime groups is 1. The average Bonchev–Trinajstić information content (AvgIpc) is 2.17. The summed E-state index contributed by atoms with van der Waals surface area (Å²) in [7, 11) is 1.61. The molecule has 1 rings (SSSR count). The standard InChI is InChI=1S/C9H11NO2/c1-7(10-11)8-3-5-9(12-2)6-4-8/h3-6,11H,1-2H3. The van der Waals surface area contributed by atoms with Gasteiger partial charge in [0.05, 0.1) is 12.8 Å². The smallest absolute Gasteiger partial charge is 0.118 e. The van der Waals surface area contributed by atoms with Crippen LogP contribution in [0.5, 0.6) is 5.75 Å². The lowest BCUT2D eigenvalue weighted by Gasteiger charge is -2.00. The molecule has 0 aromatic heterocycles. The van der Waals surface area contributed by atoms with Crippen molar-refractivity contribution in [2.45, 2.75) is 6.92 Å². The Kier molecular flexibility index (Phi) is 2.69. The summed E-state index contributed by atoms with van der Waals surface area (Å²) in [6.45, 7) is 1.74. The highest BCUT2D eigenvalue weighted by atomic mass is 16.5. The molecule has 0 unspecified atom stereocenters. The third kappa shape index (κ3) is 1.75. The molecule has 0 radical (unpaired) electrons. The van der Waals surface area contributed by atoms with Crippen LogP contribution in [0.15, 0.2) is 29.4 Å². The van der Waals surface area contributed by atoms with Gasteiger partial charge in [-0.3, -0.25) is 0 Å². The Morgan fingerprint density at radius 2 is 1.92 bits per heavy atom. The monoisotopic (exact) mass is 165 g/mol. The topological polar surface area (TPSA) is 41.8 Å². The second-order valence-corrected chi connectivity index (χ2v) is 2.41. The maximum atomic E-state index is 8.47. The third-order valence-electron chi connectivity index (χ3n) is 1.66. The molecule has 3 heteroatoms. The van der Waals surface area contributed by atoms with Crippen LogP contribution in [0.1, 0.15) is 12.5 Å². The molecule has 0 saturated heterocycles. The van der Waals surface area contributed by atoms with Gasteiger partial charge < -0.3 is 9.94 Å².